The highest BCUT2D eigenvalue weighted by Crippen LogP contribution is 2.33. The zero-order chi connectivity index (χ0) is 22.9. The summed E-state index contributed by atoms with van der Waals surface area (Å²) in [5, 5.41) is 12.1. The lowest BCUT2D eigenvalue weighted by Crippen LogP contribution is -2.51. The number of amides is 2. The summed E-state index contributed by atoms with van der Waals surface area (Å²) in [5.74, 6) is -1.60. The van der Waals surface area contributed by atoms with Crippen LogP contribution in [-0.4, -0.2) is 41.1 Å². The van der Waals surface area contributed by atoms with Gasteiger partial charge >= 0.3 is 12.3 Å². The van der Waals surface area contributed by atoms with Crippen LogP contribution in [0.1, 0.15) is 39.4 Å². The van der Waals surface area contributed by atoms with Gasteiger partial charge in [0.2, 0.25) is 0 Å². The molecule has 1 heterocycles. The maximum absolute atomic E-state index is 13.7. The maximum atomic E-state index is 13.7. The fourth-order valence-electron chi connectivity index (χ4n) is 3.67. The first-order valence-electron chi connectivity index (χ1n) is 9.38. The molecule has 0 aliphatic carbocycles. The monoisotopic (exact) mass is 502 g/mol. The molecule has 1 aliphatic heterocycles. The van der Waals surface area contributed by atoms with Gasteiger partial charge in [-0.3, -0.25) is 4.79 Å². The molecule has 0 radical (unpaired) electrons. The summed E-state index contributed by atoms with van der Waals surface area (Å²) < 4.78 is 53.1. The third-order valence-electron chi connectivity index (χ3n) is 5.30. The van der Waals surface area contributed by atoms with Gasteiger partial charge in [0.1, 0.15) is 5.82 Å². The number of piperidine rings is 1. The third kappa shape index (κ3) is 5.36. The molecule has 1 saturated heterocycles. The molecule has 0 saturated carbocycles. The second kappa shape index (κ2) is 8.86. The van der Waals surface area contributed by atoms with E-state index in [1.807, 2.05) is 0 Å². The molecule has 1 aliphatic rings. The highest BCUT2D eigenvalue weighted by Gasteiger charge is 2.35. The number of hydrogen-bond acceptors (Lipinski definition) is 2. The van der Waals surface area contributed by atoms with Crippen LogP contribution in [0.5, 0.6) is 0 Å². The van der Waals surface area contributed by atoms with Crippen LogP contribution in [0.4, 0.5) is 22.4 Å². The van der Waals surface area contributed by atoms with E-state index in [9.17, 15) is 32.3 Å². The van der Waals surface area contributed by atoms with Crippen LogP contribution in [-0.2, 0) is 6.18 Å². The Balaban J connectivity index is 1.89. The summed E-state index contributed by atoms with van der Waals surface area (Å²) in [4.78, 5) is 25.4. The minimum Gasteiger partial charge on any atom is -0.465 e. The molecule has 31 heavy (non-hydrogen) atoms. The quantitative estimate of drug-likeness (QED) is 0.568. The van der Waals surface area contributed by atoms with Gasteiger partial charge in [-0.25, -0.2) is 9.18 Å². The van der Waals surface area contributed by atoms with Crippen molar-refractivity contribution in [3.8, 4) is 0 Å². The lowest BCUT2D eigenvalue weighted by molar-refractivity contribution is -0.137. The average Bonchev–Trinajstić information content (AvgIpc) is 2.69. The van der Waals surface area contributed by atoms with E-state index in [-0.39, 0.29) is 29.5 Å². The van der Waals surface area contributed by atoms with E-state index in [1.54, 1.807) is 13.0 Å². The highest BCUT2D eigenvalue weighted by atomic mass is 79.9. The smallest absolute Gasteiger partial charge is 0.416 e. The van der Waals surface area contributed by atoms with E-state index >= 15 is 0 Å². The Morgan fingerprint density at radius 2 is 1.90 bits per heavy atom. The summed E-state index contributed by atoms with van der Waals surface area (Å²) >= 11 is 3.00. The molecule has 2 N–H and O–H groups in total. The number of nitrogens with zero attached hydrogens (tertiary/aromatic N) is 1. The minimum atomic E-state index is -4.61. The molecule has 0 bridgehead atoms. The number of carbonyl (C=O) groups is 2. The number of halogens is 5. The van der Waals surface area contributed by atoms with Gasteiger partial charge in [-0.1, -0.05) is 28.1 Å². The number of likely N-dealkylation sites (tertiary alicyclic amines) is 1. The number of aryl methyl sites for hydroxylation is 1. The molecule has 1 fully saturated rings. The van der Waals surface area contributed by atoms with E-state index in [4.69, 9.17) is 0 Å². The average molecular weight is 503 g/mol. The lowest BCUT2D eigenvalue weighted by Gasteiger charge is -2.38. The fourth-order valence-corrected chi connectivity index (χ4v) is 4.16. The second-order valence-corrected chi connectivity index (χ2v) is 8.35. The van der Waals surface area contributed by atoms with Crippen molar-refractivity contribution in [3.63, 3.8) is 0 Å². The molecule has 2 atom stereocenters. The zero-order valence-electron chi connectivity index (χ0n) is 16.3. The second-order valence-electron chi connectivity index (χ2n) is 7.44. The molecule has 3 rings (SSSR count). The van der Waals surface area contributed by atoms with Gasteiger partial charge in [0, 0.05) is 35.1 Å². The van der Waals surface area contributed by atoms with Crippen LogP contribution in [0.3, 0.4) is 0 Å². The molecule has 2 aromatic rings. The molecule has 0 aromatic heterocycles. The van der Waals surface area contributed by atoms with Gasteiger partial charge in [-0.05, 0) is 48.7 Å². The van der Waals surface area contributed by atoms with E-state index in [2.05, 4.69) is 21.2 Å². The predicted molar refractivity (Wildman–Crippen MR) is 108 cm³/mol. The van der Waals surface area contributed by atoms with Crippen molar-refractivity contribution in [1.82, 2.24) is 10.2 Å². The first kappa shape index (κ1) is 23.1. The van der Waals surface area contributed by atoms with Crippen molar-refractivity contribution in [2.24, 2.45) is 0 Å². The van der Waals surface area contributed by atoms with E-state index < -0.39 is 41.5 Å². The number of carboxylic acid groups (broad SMARTS) is 1. The first-order valence-corrected chi connectivity index (χ1v) is 10.2. The van der Waals surface area contributed by atoms with Crippen LogP contribution >= 0.6 is 15.9 Å². The van der Waals surface area contributed by atoms with Gasteiger partial charge < -0.3 is 15.3 Å². The van der Waals surface area contributed by atoms with Gasteiger partial charge in [0.05, 0.1) is 5.56 Å². The van der Waals surface area contributed by atoms with Gasteiger partial charge in [-0.15, -0.1) is 0 Å². The predicted octanol–water partition coefficient (Wildman–Crippen LogP) is 5.18. The Labute approximate surface area is 184 Å². The molecule has 2 aromatic carbocycles. The van der Waals surface area contributed by atoms with Gasteiger partial charge in [0.25, 0.3) is 5.91 Å². The summed E-state index contributed by atoms with van der Waals surface area (Å²) in [7, 11) is 0. The van der Waals surface area contributed by atoms with Gasteiger partial charge in [0.15, 0.2) is 0 Å². The van der Waals surface area contributed by atoms with E-state index in [0.29, 0.717) is 11.1 Å². The van der Waals surface area contributed by atoms with Crippen molar-refractivity contribution in [3.05, 3.63) is 68.9 Å². The molecule has 0 unspecified atom stereocenters. The van der Waals surface area contributed by atoms with Crippen LogP contribution in [0.2, 0.25) is 0 Å². The molecular formula is C21H19BrF4N2O3. The number of benzene rings is 2. The Morgan fingerprint density at radius 3 is 2.52 bits per heavy atom. The topological polar surface area (TPSA) is 69.6 Å². The molecule has 0 spiro atoms. The first-order chi connectivity index (χ1) is 14.5. The summed E-state index contributed by atoms with van der Waals surface area (Å²) in [5.41, 5.74) is -0.118. The standard InChI is InChI=1S/C21H19BrF4N2O3/c1-11-6-12(2-3-17(11)23)16-10-28(20(30)31)5-4-18(16)27-19(29)13-7-14(21(24,25)26)9-15(22)8-13/h2-3,6-9,16,18H,4-5,10H2,1H3,(H,27,29)(H,30,31)/t16-,18+/m0/s1. The normalized spacial score (nSPS) is 19.2. The fraction of sp³-hybridized carbons (Fsp3) is 0.333. The van der Waals surface area contributed by atoms with Crippen LogP contribution in [0.15, 0.2) is 40.9 Å². The zero-order valence-corrected chi connectivity index (χ0v) is 17.9. The number of carbonyl (C=O) groups excluding carboxylic acids is 1. The van der Waals surface area contributed by atoms with Crippen molar-refractivity contribution >= 4 is 27.9 Å². The van der Waals surface area contributed by atoms with Crippen molar-refractivity contribution in [2.75, 3.05) is 13.1 Å². The minimum absolute atomic E-state index is 0.0671. The number of hydrogen-bond donors (Lipinski definition) is 2. The Kier molecular flexibility index (Phi) is 6.59. The number of alkyl halides is 3. The molecule has 5 nitrogen and oxygen atoms in total. The Morgan fingerprint density at radius 1 is 1.19 bits per heavy atom. The Bertz CT molecular complexity index is 1010. The van der Waals surface area contributed by atoms with Crippen LogP contribution < -0.4 is 5.32 Å². The molecular weight excluding hydrogens is 484 g/mol. The van der Waals surface area contributed by atoms with Crippen molar-refractivity contribution < 1.29 is 32.3 Å². The van der Waals surface area contributed by atoms with Crippen molar-refractivity contribution in [1.29, 1.82) is 0 Å². The summed E-state index contributed by atoms with van der Waals surface area (Å²) in [6.07, 6.45) is -5.46. The van der Waals surface area contributed by atoms with Crippen LogP contribution in [0.25, 0.3) is 0 Å². The lowest BCUT2D eigenvalue weighted by atomic mass is 9.85. The van der Waals surface area contributed by atoms with Crippen molar-refractivity contribution in [2.45, 2.75) is 31.5 Å². The van der Waals surface area contributed by atoms with E-state index in [1.165, 1.54) is 23.1 Å². The molecule has 2 amide bonds. The summed E-state index contributed by atoms with van der Waals surface area (Å²) in [6, 6.07) is 6.78. The maximum Gasteiger partial charge on any atom is 0.416 e. The van der Waals surface area contributed by atoms with Crippen LogP contribution in [0, 0.1) is 12.7 Å². The Hall–Kier alpha value is -2.62. The SMILES string of the molecule is Cc1cc([C@@H]2CN(C(=O)O)CC[C@H]2NC(=O)c2cc(Br)cc(C(F)(F)F)c2)ccc1F. The third-order valence-corrected chi connectivity index (χ3v) is 5.76. The summed E-state index contributed by atoms with van der Waals surface area (Å²) in [6.45, 7) is 1.80. The number of nitrogens with one attached hydrogen (secondary N) is 1. The van der Waals surface area contributed by atoms with E-state index in [0.717, 1.165) is 12.1 Å². The highest BCUT2D eigenvalue weighted by molar-refractivity contribution is 9.10. The largest absolute Gasteiger partial charge is 0.465 e. The van der Waals surface area contributed by atoms with Gasteiger partial charge in [-0.2, -0.15) is 13.2 Å². The number of rotatable bonds is 3. The molecule has 10 heteroatoms. The molecule has 166 valence electrons.